The smallest absolute Gasteiger partial charge is 0.124 e. The molecule has 0 heterocycles. The van der Waals surface area contributed by atoms with Crippen molar-refractivity contribution >= 4 is 0 Å². The van der Waals surface area contributed by atoms with Crippen molar-refractivity contribution in [3.63, 3.8) is 0 Å². The van der Waals surface area contributed by atoms with E-state index in [0.717, 1.165) is 12.1 Å². The van der Waals surface area contributed by atoms with E-state index in [4.69, 9.17) is 4.74 Å². The molecule has 106 valence electrons. The number of phenolic OH excluding ortho intramolecular Hbond substituents is 1. The van der Waals surface area contributed by atoms with Crippen LogP contribution in [-0.4, -0.2) is 18.8 Å². The molecule has 0 radical (unpaired) electrons. The Balaban J connectivity index is 1.97. The maximum absolute atomic E-state index is 10.0. The Bertz CT molecular complexity index is 425. The van der Waals surface area contributed by atoms with Crippen LogP contribution in [0.15, 0.2) is 18.2 Å². The van der Waals surface area contributed by atoms with Gasteiger partial charge in [-0.25, -0.2) is 0 Å². The molecule has 3 nitrogen and oxygen atoms in total. The number of aromatic hydroxyl groups is 1. The first-order valence-electron chi connectivity index (χ1n) is 7.14. The van der Waals surface area contributed by atoms with E-state index in [1.807, 2.05) is 12.1 Å². The average Bonchev–Trinajstić information content (AvgIpc) is 2.83. The van der Waals surface area contributed by atoms with E-state index >= 15 is 0 Å². The number of hydrogen-bond acceptors (Lipinski definition) is 3. The van der Waals surface area contributed by atoms with Gasteiger partial charge in [-0.15, -0.1) is 0 Å². The van der Waals surface area contributed by atoms with Crippen molar-refractivity contribution in [3.05, 3.63) is 23.8 Å². The first-order chi connectivity index (χ1) is 9.04. The van der Waals surface area contributed by atoms with Crippen LogP contribution in [0.3, 0.4) is 0 Å². The monoisotopic (exact) mass is 263 g/mol. The second kappa shape index (κ2) is 5.83. The molecule has 1 fully saturated rings. The quantitative estimate of drug-likeness (QED) is 0.852. The van der Waals surface area contributed by atoms with Crippen molar-refractivity contribution in [2.45, 2.75) is 45.6 Å². The summed E-state index contributed by atoms with van der Waals surface area (Å²) in [4.78, 5) is 0. The zero-order chi connectivity index (χ0) is 13.9. The van der Waals surface area contributed by atoms with Gasteiger partial charge < -0.3 is 15.2 Å². The van der Waals surface area contributed by atoms with Gasteiger partial charge in [-0.3, -0.25) is 0 Å². The van der Waals surface area contributed by atoms with Crippen molar-refractivity contribution < 1.29 is 9.84 Å². The van der Waals surface area contributed by atoms with E-state index < -0.39 is 0 Å². The minimum atomic E-state index is 0.156. The lowest BCUT2D eigenvalue weighted by Gasteiger charge is -2.27. The molecule has 0 aromatic heterocycles. The van der Waals surface area contributed by atoms with Gasteiger partial charge in [0.25, 0.3) is 0 Å². The van der Waals surface area contributed by atoms with Crippen LogP contribution in [0.5, 0.6) is 11.5 Å². The highest BCUT2D eigenvalue weighted by Gasteiger charge is 2.28. The van der Waals surface area contributed by atoms with Crippen LogP contribution < -0.4 is 10.1 Å². The molecule has 1 aromatic carbocycles. The zero-order valence-electron chi connectivity index (χ0n) is 12.2. The number of nitrogens with one attached hydrogen (secondary N) is 1. The van der Waals surface area contributed by atoms with Crippen LogP contribution in [0.2, 0.25) is 0 Å². The van der Waals surface area contributed by atoms with Crippen molar-refractivity contribution in [3.8, 4) is 11.5 Å². The van der Waals surface area contributed by atoms with Crippen molar-refractivity contribution in [2.24, 2.45) is 5.41 Å². The molecule has 0 aliphatic heterocycles. The van der Waals surface area contributed by atoms with E-state index in [-0.39, 0.29) is 6.04 Å². The van der Waals surface area contributed by atoms with Crippen LogP contribution in [0.4, 0.5) is 0 Å². The molecule has 2 rings (SSSR count). The second-order valence-electron chi connectivity index (χ2n) is 6.05. The third kappa shape index (κ3) is 3.41. The van der Waals surface area contributed by atoms with Gasteiger partial charge in [-0.1, -0.05) is 25.8 Å². The molecular weight excluding hydrogens is 238 g/mol. The molecule has 2 N–H and O–H groups in total. The fraction of sp³-hybridized carbons (Fsp3) is 0.625. The lowest BCUT2D eigenvalue weighted by molar-refractivity contribution is 0.300. The predicted molar refractivity (Wildman–Crippen MR) is 77.7 cm³/mol. The lowest BCUT2D eigenvalue weighted by Crippen LogP contribution is -2.31. The van der Waals surface area contributed by atoms with Gasteiger partial charge in [-0.05, 0) is 31.2 Å². The summed E-state index contributed by atoms with van der Waals surface area (Å²) in [7, 11) is 1.61. The Morgan fingerprint density at radius 1 is 1.37 bits per heavy atom. The van der Waals surface area contributed by atoms with E-state index in [1.54, 1.807) is 13.2 Å². The lowest BCUT2D eigenvalue weighted by atomic mass is 9.88. The standard InChI is InChI=1S/C16H25NO2/c1-12(17-11-16(2)8-4-5-9-16)14-7-6-13(19-3)10-15(14)18/h6-7,10,12,17-18H,4-5,8-9,11H2,1-3H3. The summed E-state index contributed by atoms with van der Waals surface area (Å²) in [6.07, 6.45) is 5.31. The summed E-state index contributed by atoms with van der Waals surface area (Å²) < 4.78 is 5.11. The van der Waals surface area contributed by atoms with Gasteiger partial charge >= 0.3 is 0 Å². The normalized spacial score (nSPS) is 19.3. The van der Waals surface area contributed by atoms with Gasteiger partial charge in [0.05, 0.1) is 7.11 Å². The van der Waals surface area contributed by atoms with Gasteiger partial charge in [0.1, 0.15) is 11.5 Å². The molecular formula is C16H25NO2. The highest BCUT2D eigenvalue weighted by molar-refractivity contribution is 5.41. The molecule has 0 spiro atoms. The zero-order valence-corrected chi connectivity index (χ0v) is 12.2. The first-order valence-corrected chi connectivity index (χ1v) is 7.14. The van der Waals surface area contributed by atoms with Crippen LogP contribution in [0.25, 0.3) is 0 Å². The molecule has 1 aliphatic carbocycles. The van der Waals surface area contributed by atoms with Gasteiger partial charge in [0.15, 0.2) is 0 Å². The van der Waals surface area contributed by atoms with Crippen LogP contribution in [-0.2, 0) is 0 Å². The maximum Gasteiger partial charge on any atom is 0.124 e. The summed E-state index contributed by atoms with van der Waals surface area (Å²) in [5, 5.41) is 13.6. The molecule has 0 amide bonds. The minimum Gasteiger partial charge on any atom is -0.507 e. The Labute approximate surface area is 116 Å². The maximum atomic E-state index is 10.0. The third-order valence-electron chi connectivity index (χ3n) is 4.35. The highest BCUT2D eigenvalue weighted by Crippen LogP contribution is 2.37. The Morgan fingerprint density at radius 3 is 2.63 bits per heavy atom. The number of methoxy groups -OCH3 is 1. The number of hydrogen-bond donors (Lipinski definition) is 2. The van der Waals surface area contributed by atoms with E-state index in [1.165, 1.54) is 25.7 Å². The largest absolute Gasteiger partial charge is 0.507 e. The molecule has 1 saturated carbocycles. The second-order valence-corrected chi connectivity index (χ2v) is 6.05. The van der Waals surface area contributed by atoms with Gasteiger partial charge in [0.2, 0.25) is 0 Å². The average molecular weight is 263 g/mol. The molecule has 0 bridgehead atoms. The highest BCUT2D eigenvalue weighted by atomic mass is 16.5. The van der Waals surface area contributed by atoms with Crippen molar-refractivity contribution in [2.75, 3.05) is 13.7 Å². The topological polar surface area (TPSA) is 41.5 Å². The number of benzene rings is 1. The number of ether oxygens (including phenoxy) is 1. The Morgan fingerprint density at radius 2 is 2.05 bits per heavy atom. The fourth-order valence-electron chi connectivity index (χ4n) is 2.93. The SMILES string of the molecule is COc1ccc(C(C)NCC2(C)CCCC2)c(O)c1. The summed E-state index contributed by atoms with van der Waals surface area (Å²) >= 11 is 0. The summed E-state index contributed by atoms with van der Waals surface area (Å²) in [5.74, 6) is 0.993. The Hall–Kier alpha value is -1.22. The van der Waals surface area contributed by atoms with E-state index in [9.17, 15) is 5.11 Å². The third-order valence-corrected chi connectivity index (χ3v) is 4.35. The molecule has 1 aromatic rings. The minimum absolute atomic E-state index is 0.156. The first kappa shape index (κ1) is 14.2. The van der Waals surface area contributed by atoms with E-state index in [0.29, 0.717) is 16.9 Å². The summed E-state index contributed by atoms with van der Waals surface area (Å²) in [6, 6.07) is 5.65. The van der Waals surface area contributed by atoms with Gasteiger partial charge in [-0.2, -0.15) is 0 Å². The molecule has 0 saturated heterocycles. The van der Waals surface area contributed by atoms with Crippen LogP contribution >= 0.6 is 0 Å². The van der Waals surface area contributed by atoms with Gasteiger partial charge in [0, 0.05) is 24.2 Å². The number of rotatable bonds is 5. The van der Waals surface area contributed by atoms with E-state index in [2.05, 4.69) is 19.2 Å². The molecule has 1 atom stereocenters. The summed E-state index contributed by atoms with van der Waals surface area (Å²) in [5.41, 5.74) is 1.36. The molecule has 1 aliphatic rings. The molecule has 1 unspecified atom stereocenters. The molecule has 3 heteroatoms. The summed E-state index contributed by atoms with van der Waals surface area (Å²) in [6.45, 7) is 5.47. The van der Waals surface area contributed by atoms with Crippen molar-refractivity contribution in [1.82, 2.24) is 5.32 Å². The Kier molecular flexibility index (Phi) is 4.35. The molecule has 19 heavy (non-hydrogen) atoms. The fourth-order valence-corrected chi connectivity index (χ4v) is 2.93. The van der Waals surface area contributed by atoms with Crippen LogP contribution in [0.1, 0.15) is 51.1 Å². The number of phenols is 1. The predicted octanol–water partition coefficient (Wildman–Crippen LogP) is 3.63. The van der Waals surface area contributed by atoms with Crippen LogP contribution in [0, 0.1) is 5.41 Å². The van der Waals surface area contributed by atoms with Crippen molar-refractivity contribution in [1.29, 1.82) is 0 Å².